The van der Waals surface area contributed by atoms with E-state index in [-0.39, 0.29) is 37.5 Å². The first kappa shape index (κ1) is 39.9. The molecule has 0 saturated carbocycles. The third-order valence-corrected chi connectivity index (χ3v) is 3.94. The molecule has 35 heavy (non-hydrogen) atoms. The Kier molecular flexibility index (Phi) is 30.0. The number of carbonyl (C=O) groups is 2. The second kappa shape index (κ2) is 26.3. The molecule has 1 aliphatic heterocycles. The predicted molar refractivity (Wildman–Crippen MR) is 128 cm³/mol. The zero-order valence-corrected chi connectivity index (χ0v) is 22.9. The first-order valence-corrected chi connectivity index (χ1v) is 10.3. The van der Waals surface area contributed by atoms with Gasteiger partial charge in [-0.05, 0) is 47.1 Å². The minimum atomic E-state index is -1.75. The summed E-state index contributed by atoms with van der Waals surface area (Å²) in [5.74, 6) is -0.125. The Bertz CT molecular complexity index is 637. The molecule has 1 fully saturated rings. The standard InChI is InChI=1S/C9H21N3.C5H4ClN.C5H8O2.2NO3.Ru/c1-10-4-6-11(2)8-9-12(3)7-5-10;6-5-2-1-3-7-4-5;1-4(6)3-5(2)7;2*2-1(3)4;/h4-9H2,1-3H3;1-4H;3H2,1-2H3;;;/q;;;2*-1;+3. The maximum atomic E-state index is 10.0. The van der Waals surface area contributed by atoms with Crippen LogP contribution in [-0.2, 0) is 29.1 Å². The minimum Gasteiger partial charge on any atom is -0.356 e. The molecule has 0 amide bonds. The van der Waals surface area contributed by atoms with E-state index in [1.54, 1.807) is 24.5 Å². The maximum absolute atomic E-state index is 10.0. The first-order chi connectivity index (χ1) is 15.7. The fourth-order valence-corrected chi connectivity index (χ4v) is 2.18. The average Bonchev–Trinajstić information content (AvgIpc) is 2.75. The van der Waals surface area contributed by atoms with Crippen LogP contribution in [0, 0.1) is 30.6 Å². The molecule has 0 unspecified atom stereocenters. The molecule has 1 aliphatic rings. The number of Topliss-reactive ketones (excluding diaryl/α,β-unsaturated/α-hetero) is 2. The largest absolute Gasteiger partial charge is 3.00 e. The molecule has 0 N–H and O–H groups in total. The molecule has 0 atom stereocenters. The summed E-state index contributed by atoms with van der Waals surface area (Å²) in [6, 6.07) is 3.58. The number of likely N-dealkylation sites (N-methyl/N-ethyl adjacent to an activating group) is 3. The normalized spacial score (nSPS) is 13.8. The number of nitrogens with zero attached hydrogens (tertiary/aromatic N) is 6. The monoisotopic (exact) mass is 610 g/mol. The molecule has 16 heteroatoms. The Morgan fingerprint density at radius 3 is 1.26 bits per heavy atom. The van der Waals surface area contributed by atoms with Gasteiger partial charge >= 0.3 is 19.5 Å². The van der Waals surface area contributed by atoms with E-state index < -0.39 is 10.2 Å². The molecule has 201 valence electrons. The SMILES string of the molecule is CC(=O)CC(C)=O.CN1CCN(C)CCN(C)CC1.Clc1cccnc1.O=[N+]([O-])[O-].O=[N+]([O-])[O-].[Ru+3]. The van der Waals surface area contributed by atoms with Crippen molar-refractivity contribution in [1.29, 1.82) is 0 Å². The predicted octanol–water partition coefficient (Wildman–Crippen LogP) is 1.60. The van der Waals surface area contributed by atoms with Crippen molar-refractivity contribution in [2.45, 2.75) is 20.3 Å². The molecular weight excluding hydrogens is 577 g/mol. The average molecular weight is 610 g/mol. The van der Waals surface area contributed by atoms with Crippen LogP contribution < -0.4 is 0 Å². The summed E-state index contributed by atoms with van der Waals surface area (Å²) in [4.78, 5) is 47.5. The Morgan fingerprint density at radius 2 is 1.14 bits per heavy atom. The molecule has 0 aliphatic carbocycles. The number of hydrogen-bond acceptors (Lipinski definition) is 12. The van der Waals surface area contributed by atoms with Crippen LogP contribution in [0.2, 0.25) is 5.02 Å². The third-order valence-electron chi connectivity index (χ3n) is 3.71. The maximum Gasteiger partial charge on any atom is 3.00 e. The Labute approximate surface area is 222 Å². The van der Waals surface area contributed by atoms with Crippen molar-refractivity contribution in [2.75, 3.05) is 60.4 Å². The van der Waals surface area contributed by atoms with Crippen molar-refractivity contribution >= 4 is 23.2 Å². The van der Waals surface area contributed by atoms with Crippen LogP contribution in [0.4, 0.5) is 0 Å². The number of rotatable bonds is 2. The number of carbonyl (C=O) groups excluding carboxylic acids is 2. The molecule has 0 spiro atoms. The van der Waals surface area contributed by atoms with Crippen LogP contribution in [0.5, 0.6) is 0 Å². The van der Waals surface area contributed by atoms with Crippen molar-refractivity contribution < 1.29 is 39.2 Å². The topological polar surface area (TPSA) is 189 Å². The van der Waals surface area contributed by atoms with Gasteiger partial charge in [-0.3, -0.25) is 14.6 Å². The molecule has 1 aromatic rings. The van der Waals surface area contributed by atoms with E-state index in [1.807, 2.05) is 0 Å². The Hall–Kier alpha value is -2.32. The zero-order chi connectivity index (χ0) is 27.1. The second-order valence-electron chi connectivity index (χ2n) is 7.11. The van der Waals surface area contributed by atoms with Gasteiger partial charge in [0, 0.05) is 51.7 Å². The molecule has 1 aromatic heterocycles. The quantitative estimate of drug-likeness (QED) is 0.204. The van der Waals surface area contributed by atoms with E-state index >= 15 is 0 Å². The summed E-state index contributed by atoms with van der Waals surface area (Å²) in [6.45, 7) is 10.0. The number of halogens is 1. The number of aromatic nitrogens is 1. The first-order valence-electron chi connectivity index (χ1n) is 9.90. The van der Waals surface area contributed by atoms with E-state index in [0.29, 0.717) is 5.02 Å². The van der Waals surface area contributed by atoms with Gasteiger partial charge in [0.05, 0.1) is 21.6 Å². The molecule has 0 aromatic carbocycles. The van der Waals surface area contributed by atoms with Gasteiger partial charge in [-0.2, -0.15) is 0 Å². The molecular formula is C19H33ClN6O8Ru+. The summed E-state index contributed by atoms with van der Waals surface area (Å²) < 4.78 is 0. The Balaban J connectivity index is -0.000000183. The van der Waals surface area contributed by atoms with Gasteiger partial charge in [0.25, 0.3) is 0 Å². The molecule has 0 bridgehead atoms. The van der Waals surface area contributed by atoms with Crippen molar-refractivity contribution in [3.63, 3.8) is 0 Å². The third kappa shape index (κ3) is 45.8. The molecule has 14 nitrogen and oxygen atoms in total. The van der Waals surface area contributed by atoms with Crippen LogP contribution in [-0.4, -0.2) is 102 Å². The second-order valence-corrected chi connectivity index (χ2v) is 7.55. The van der Waals surface area contributed by atoms with Gasteiger partial charge in [-0.15, -0.1) is 0 Å². The van der Waals surface area contributed by atoms with Crippen LogP contribution in [0.25, 0.3) is 0 Å². The van der Waals surface area contributed by atoms with Crippen molar-refractivity contribution in [3.8, 4) is 0 Å². The van der Waals surface area contributed by atoms with Gasteiger partial charge < -0.3 is 45.3 Å². The van der Waals surface area contributed by atoms with Crippen molar-refractivity contribution in [2.24, 2.45) is 0 Å². The van der Waals surface area contributed by atoms with Gasteiger partial charge in [-0.25, -0.2) is 0 Å². The summed E-state index contributed by atoms with van der Waals surface area (Å²) in [5, 5.41) is 30.2. The van der Waals surface area contributed by atoms with E-state index in [2.05, 4.69) is 40.8 Å². The van der Waals surface area contributed by atoms with E-state index in [4.69, 9.17) is 42.2 Å². The van der Waals surface area contributed by atoms with Crippen LogP contribution in [0.1, 0.15) is 20.3 Å². The summed E-state index contributed by atoms with van der Waals surface area (Å²) in [5.41, 5.74) is 0. The van der Waals surface area contributed by atoms with Crippen LogP contribution in [0.15, 0.2) is 24.5 Å². The van der Waals surface area contributed by atoms with Crippen LogP contribution >= 0.6 is 11.6 Å². The fraction of sp³-hybridized carbons (Fsp3) is 0.632. The van der Waals surface area contributed by atoms with Crippen molar-refractivity contribution in [3.05, 3.63) is 60.2 Å². The van der Waals surface area contributed by atoms with Gasteiger partial charge in [0.2, 0.25) is 0 Å². The molecule has 2 heterocycles. The molecule has 2 rings (SSSR count). The summed E-state index contributed by atoms with van der Waals surface area (Å²) >= 11 is 5.48. The summed E-state index contributed by atoms with van der Waals surface area (Å²) in [6.07, 6.45) is 3.37. The molecule has 1 saturated heterocycles. The summed E-state index contributed by atoms with van der Waals surface area (Å²) in [7, 11) is 6.60. The zero-order valence-electron chi connectivity index (χ0n) is 20.4. The van der Waals surface area contributed by atoms with Gasteiger partial charge in [0.15, 0.2) is 0 Å². The van der Waals surface area contributed by atoms with Gasteiger partial charge in [-0.1, -0.05) is 11.6 Å². The van der Waals surface area contributed by atoms with Crippen LogP contribution in [0.3, 0.4) is 0 Å². The number of hydrogen-bond donors (Lipinski definition) is 0. The van der Waals surface area contributed by atoms with E-state index in [1.165, 1.54) is 53.1 Å². The number of pyridine rings is 1. The minimum absolute atomic E-state index is 0. The van der Waals surface area contributed by atoms with Gasteiger partial charge in [0.1, 0.15) is 11.6 Å². The smallest absolute Gasteiger partial charge is 0.356 e. The molecule has 1 radical (unpaired) electrons. The number of ketones is 2. The van der Waals surface area contributed by atoms with Crippen molar-refractivity contribution in [1.82, 2.24) is 19.7 Å². The van der Waals surface area contributed by atoms with E-state index in [9.17, 15) is 9.59 Å². The fourth-order valence-electron chi connectivity index (χ4n) is 2.05. The van der Waals surface area contributed by atoms with E-state index in [0.717, 1.165) is 0 Å². The Morgan fingerprint density at radius 1 is 0.857 bits per heavy atom.